The molecule has 0 aliphatic heterocycles. The van der Waals surface area contributed by atoms with E-state index in [0.29, 0.717) is 16.6 Å². The van der Waals surface area contributed by atoms with E-state index in [9.17, 15) is 14.4 Å². The second-order valence-corrected chi connectivity index (χ2v) is 8.14. The van der Waals surface area contributed by atoms with Gasteiger partial charge in [-0.1, -0.05) is 38.1 Å². The number of aromatic nitrogens is 2. The van der Waals surface area contributed by atoms with Crippen molar-refractivity contribution in [3.8, 4) is 11.1 Å². The number of aryl methyl sites for hydroxylation is 1. The average Bonchev–Trinajstić information content (AvgIpc) is 3.27. The van der Waals surface area contributed by atoms with E-state index in [1.807, 2.05) is 18.2 Å². The van der Waals surface area contributed by atoms with Crippen LogP contribution in [0.3, 0.4) is 0 Å². The van der Waals surface area contributed by atoms with Crippen LogP contribution in [-0.4, -0.2) is 26.6 Å². The summed E-state index contributed by atoms with van der Waals surface area (Å²) in [6, 6.07) is 15.8. The van der Waals surface area contributed by atoms with Gasteiger partial charge in [0.25, 0.3) is 17.4 Å². The highest BCUT2D eigenvalue weighted by Gasteiger charge is 2.18. The smallest absolute Gasteiger partial charge is 0.274 e. The van der Waals surface area contributed by atoms with Crippen LogP contribution in [0.25, 0.3) is 22.0 Å². The molecule has 2 amide bonds. The molecule has 0 fully saturated rings. The molecule has 4 aromatic rings. The molecule has 0 aliphatic rings. The molecule has 0 unspecified atom stereocenters. The first-order valence-corrected chi connectivity index (χ1v) is 10.5. The number of benzene rings is 2. The molecule has 33 heavy (non-hydrogen) atoms. The Hall–Kier alpha value is -4.17. The second-order valence-electron chi connectivity index (χ2n) is 8.14. The molecule has 168 valence electrons. The molecule has 0 bridgehead atoms. The van der Waals surface area contributed by atoms with Crippen LogP contribution in [-0.2, 0) is 7.05 Å². The standard InChI is InChI=1S/C25H24N4O4/c1-14(2)17-6-4-5-7-18(17)20-13-29(3)25(32)22-19(20)12-21(27-22)24(31)26-16-10-8-15(9-11-16)23(30)28-33/h4-14,27,33H,1-3H3,(H,26,31)(H,28,30). The maximum atomic E-state index is 12.9. The minimum atomic E-state index is -0.645. The van der Waals surface area contributed by atoms with Crippen LogP contribution < -0.4 is 16.4 Å². The number of H-pyrrole nitrogens is 1. The van der Waals surface area contributed by atoms with Gasteiger partial charge < -0.3 is 14.9 Å². The van der Waals surface area contributed by atoms with Gasteiger partial charge in [0, 0.05) is 35.4 Å². The minimum Gasteiger partial charge on any atom is -0.346 e. The summed E-state index contributed by atoms with van der Waals surface area (Å²) in [6.07, 6.45) is 1.80. The molecule has 0 atom stereocenters. The third-order valence-electron chi connectivity index (χ3n) is 5.59. The fourth-order valence-corrected chi connectivity index (χ4v) is 3.88. The highest BCUT2D eigenvalue weighted by Crippen LogP contribution is 2.33. The minimum absolute atomic E-state index is 0.228. The van der Waals surface area contributed by atoms with E-state index in [0.717, 1.165) is 16.7 Å². The number of rotatable bonds is 5. The van der Waals surface area contributed by atoms with Crippen LogP contribution >= 0.6 is 0 Å². The summed E-state index contributed by atoms with van der Waals surface area (Å²) >= 11 is 0. The Morgan fingerprint density at radius 1 is 1.00 bits per heavy atom. The predicted molar refractivity (Wildman–Crippen MR) is 127 cm³/mol. The second kappa shape index (κ2) is 8.76. The van der Waals surface area contributed by atoms with Gasteiger partial charge in [-0.3, -0.25) is 19.6 Å². The quantitative estimate of drug-likeness (QED) is 0.275. The van der Waals surface area contributed by atoms with Gasteiger partial charge in [0.1, 0.15) is 11.2 Å². The number of hydroxylamine groups is 1. The third-order valence-corrected chi connectivity index (χ3v) is 5.59. The number of aromatic amines is 1. The van der Waals surface area contributed by atoms with Gasteiger partial charge in [0.15, 0.2) is 0 Å². The van der Waals surface area contributed by atoms with Gasteiger partial charge in [0.2, 0.25) is 0 Å². The van der Waals surface area contributed by atoms with Gasteiger partial charge in [-0.2, -0.15) is 0 Å². The molecule has 0 aliphatic carbocycles. The third kappa shape index (κ3) is 4.16. The SMILES string of the molecule is CC(C)c1ccccc1-c1cn(C)c(=O)c2[nH]c(C(=O)Nc3ccc(C(=O)NO)cc3)cc12. The first-order valence-electron chi connectivity index (χ1n) is 10.5. The van der Waals surface area contributed by atoms with Crippen molar-refractivity contribution in [2.24, 2.45) is 7.05 Å². The molecule has 0 spiro atoms. The zero-order valence-corrected chi connectivity index (χ0v) is 18.5. The van der Waals surface area contributed by atoms with Crippen molar-refractivity contribution in [2.75, 3.05) is 5.32 Å². The molecule has 0 saturated heterocycles. The Kier molecular flexibility index (Phi) is 5.85. The van der Waals surface area contributed by atoms with Gasteiger partial charge in [-0.25, -0.2) is 5.48 Å². The molecule has 4 N–H and O–H groups in total. The van der Waals surface area contributed by atoms with E-state index in [1.54, 1.807) is 36.9 Å². The first-order chi connectivity index (χ1) is 15.8. The van der Waals surface area contributed by atoms with Crippen LogP contribution in [0.5, 0.6) is 0 Å². The molecule has 4 rings (SSSR count). The summed E-state index contributed by atoms with van der Waals surface area (Å²) in [5, 5.41) is 12.1. The van der Waals surface area contributed by atoms with Crippen molar-refractivity contribution >= 4 is 28.4 Å². The molecule has 8 heteroatoms. The number of fused-ring (bicyclic) bond motifs is 1. The lowest BCUT2D eigenvalue weighted by Crippen LogP contribution is -2.18. The van der Waals surface area contributed by atoms with Gasteiger partial charge in [-0.15, -0.1) is 0 Å². The zero-order chi connectivity index (χ0) is 23.7. The van der Waals surface area contributed by atoms with Crippen molar-refractivity contribution in [3.63, 3.8) is 0 Å². The Morgan fingerprint density at radius 2 is 1.70 bits per heavy atom. The van der Waals surface area contributed by atoms with Crippen LogP contribution in [0.15, 0.2) is 65.6 Å². The number of anilines is 1. The van der Waals surface area contributed by atoms with E-state index in [2.05, 4.69) is 30.2 Å². The average molecular weight is 444 g/mol. The Labute approximate surface area is 189 Å². The number of pyridine rings is 1. The topological polar surface area (TPSA) is 116 Å². The summed E-state index contributed by atoms with van der Waals surface area (Å²) in [6.45, 7) is 4.23. The van der Waals surface area contributed by atoms with Gasteiger partial charge in [-0.05, 0) is 47.4 Å². The lowest BCUT2D eigenvalue weighted by molar-refractivity contribution is 0.0706. The van der Waals surface area contributed by atoms with Crippen LogP contribution in [0.2, 0.25) is 0 Å². The van der Waals surface area contributed by atoms with E-state index >= 15 is 0 Å². The highest BCUT2D eigenvalue weighted by molar-refractivity contribution is 6.08. The fourth-order valence-electron chi connectivity index (χ4n) is 3.88. The normalized spacial score (nSPS) is 11.1. The summed E-state index contributed by atoms with van der Waals surface area (Å²) in [5.74, 6) is -0.782. The maximum Gasteiger partial charge on any atom is 0.274 e. The zero-order valence-electron chi connectivity index (χ0n) is 18.5. The lowest BCUT2D eigenvalue weighted by atomic mass is 9.92. The molecule has 0 saturated carbocycles. The van der Waals surface area contributed by atoms with Crippen molar-refractivity contribution in [1.82, 2.24) is 15.0 Å². The van der Waals surface area contributed by atoms with E-state index in [-0.39, 0.29) is 22.7 Å². The molecular weight excluding hydrogens is 420 g/mol. The number of hydrogen-bond donors (Lipinski definition) is 4. The molecular formula is C25H24N4O4. The monoisotopic (exact) mass is 444 g/mol. The number of carbonyl (C=O) groups excluding carboxylic acids is 2. The van der Waals surface area contributed by atoms with Gasteiger partial charge >= 0.3 is 0 Å². The molecule has 2 aromatic carbocycles. The van der Waals surface area contributed by atoms with Crippen LogP contribution in [0.1, 0.15) is 46.2 Å². The predicted octanol–water partition coefficient (Wildman–Crippen LogP) is 4.03. The summed E-state index contributed by atoms with van der Waals surface area (Å²) in [7, 11) is 1.69. The maximum absolute atomic E-state index is 12.9. The van der Waals surface area contributed by atoms with Crippen molar-refractivity contribution in [2.45, 2.75) is 19.8 Å². The summed E-state index contributed by atoms with van der Waals surface area (Å²) in [5.41, 5.74) is 5.67. The van der Waals surface area contributed by atoms with Crippen molar-refractivity contribution in [3.05, 3.63) is 88.0 Å². The van der Waals surface area contributed by atoms with Crippen molar-refractivity contribution < 1.29 is 14.8 Å². The lowest BCUT2D eigenvalue weighted by Gasteiger charge is -2.14. The van der Waals surface area contributed by atoms with E-state index < -0.39 is 11.8 Å². The summed E-state index contributed by atoms with van der Waals surface area (Å²) < 4.78 is 1.51. The number of nitrogens with zero attached hydrogens (tertiary/aromatic N) is 1. The highest BCUT2D eigenvalue weighted by atomic mass is 16.5. The van der Waals surface area contributed by atoms with Crippen LogP contribution in [0.4, 0.5) is 5.69 Å². The molecule has 2 heterocycles. The van der Waals surface area contributed by atoms with Gasteiger partial charge in [0.05, 0.1) is 0 Å². The number of carbonyl (C=O) groups is 2. The number of hydrogen-bond acceptors (Lipinski definition) is 4. The van der Waals surface area contributed by atoms with E-state index in [4.69, 9.17) is 5.21 Å². The van der Waals surface area contributed by atoms with Crippen molar-refractivity contribution in [1.29, 1.82) is 0 Å². The first kappa shape index (κ1) is 22.0. The molecule has 0 radical (unpaired) electrons. The largest absolute Gasteiger partial charge is 0.346 e. The fraction of sp³-hybridized carbons (Fsp3) is 0.160. The number of nitrogens with one attached hydrogen (secondary N) is 3. The molecule has 2 aromatic heterocycles. The Morgan fingerprint density at radius 3 is 2.36 bits per heavy atom. The number of amides is 2. The molecule has 8 nitrogen and oxygen atoms in total. The Bertz CT molecular complexity index is 1410. The van der Waals surface area contributed by atoms with E-state index in [1.165, 1.54) is 16.7 Å². The summed E-state index contributed by atoms with van der Waals surface area (Å²) in [4.78, 5) is 40.1. The Balaban J connectivity index is 1.75. The van der Waals surface area contributed by atoms with Crippen LogP contribution in [0, 0.1) is 0 Å².